The maximum atomic E-state index is 11.2. The largest absolute Gasteiger partial charge is 0.476 e. The van der Waals surface area contributed by atoms with Crippen LogP contribution in [0, 0.1) is 10.1 Å². The van der Waals surface area contributed by atoms with Crippen molar-refractivity contribution in [3.8, 4) is 0 Å². The van der Waals surface area contributed by atoms with E-state index in [2.05, 4.69) is 10.5 Å². The number of hydrogen-bond acceptors (Lipinski definition) is 5. The second kappa shape index (κ2) is 6.29. The molecule has 0 atom stereocenters. The van der Waals surface area contributed by atoms with Crippen LogP contribution in [0.2, 0.25) is 0 Å². The number of hydrogen-bond donors (Lipinski definition) is 2. The molecule has 0 aliphatic rings. The molecule has 2 aromatic carbocycles. The Bertz CT molecular complexity index is 681. The van der Waals surface area contributed by atoms with Gasteiger partial charge in [-0.25, -0.2) is 4.79 Å². The number of carboxylic acid groups (broad SMARTS) is 1. The van der Waals surface area contributed by atoms with Crippen molar-refractivity contribution in [1.29, 1.82) is 0 Å². The number of nitrogens with zero attached hydrogens (tertiary/aromatic N) is 2. The Balaban J connectivity index is 2.21. The highest BCUT2D eigenvalue weighted by atomic mass is 16.6. The van der Waals surface area contributed by atoms with Gasteiger partial charge in [0.25, 0.3) is 5.69 Å². The number of nitro groups is 1. The van der Waals surface area contributed by atoms with Crippen LogP contribution in [0.4, 0.5) is 11.4 Å². The molecule has 0 aliphatic carbocycles. The van der Waals surface area contributed by atoms with E-state index in [9.17, 15) is 14.9 Å². The number of benzene rings is 2. The van der Waals surface area contributed by atoms with E-state index in [1.165, 1.54) is 24.3 Å². The van der Waals surface area contributed by atoms with Gasteiger partial charge in [0, 0.05) is 17.7 Å². The van der Waals surface area contributed by atoms with Gasteiger partial charge in [0.2, 0.25) is 0 Å². The lowest BCUT2D eigenvalue weighted by Crippen LogP contribution is -2.16. The second-order valence-electron chi connectivity index (χ2n) is 4.05. The van der Waals surface area contributed by atoms with Gasteiger partial charge in [0.15, 0.2) is 5.71 Å². The van der Waals surface area contributed by atoms with Crippen molar-refractivity contribution in [1.82, 2.24) is 0 Å². The monoisotopic (exact) mass is 285 g/mol. The lowest BCUT2D eigenvalue weighted by Gasteiger charge is -2.04. The van der Waals surface area contributed by atoms with Crippen molar-refractivity contribution in [3.63, 3.8) is 0 Å². The molecular formula is C14H11N3O4. The number of carbonyl (C=O) groups is 1. The maximum Gasteiger partial charge on any atom is 0.356 e. The summed E-state index contributed by atoms with van der Waals surface area (Å²) >= 11 is 0. The third-order valence-electron chi connectivity index (χ3n) is 2.62. The van der Waals surface area contributed by atoms with Crippen LogP contribution in [-0.4, -0.2) is 21.7 Å². The van der Waals surface area contributed by atoms with Crippen molar-refractivity contribution in [2.75, 3.05) is 5.43 Å². The molecule has 0 saturated heterocycles. The van der Waals surface area contributed by atoms with Crippen molar-refractivity contribution in [2.45, 2.75) is 0 Å². The van der Waals surface area contributed by atoms with Gasteiger partial charge in [-0.3, -0.25) is 15.5 Å². The van der Waals surface area contributed by atoms with Gasteiger partial charge in [0.05, 0.1) is 10.6 Å². The molecule has 2 N–H and O–H groups in total. The molecule has 21 heavy (non-hydrogen) atoms. The number of nitro benzene ring substituents is 1. The molecule has 0 unspecified atom stereocenters. The summed E-state index contributed by atoms with van der Waals surface area (Å²) in [4.78, 5) is 21.2. The Hall–Kier alpha value is -3.22. The number of aliphatic carboxylic acids is 1. The number of non-ortho nitro benzene ring substituents is 1. The average Bonchev–Trinajstić information content (AvgIpc) is 2.48. The van der Waals surface area contributed by atoms with Gasteiger partial charge in [0.1, 0.15) is 0 Å². The zero-order valence-corrected chi connectivity index (χ0v) is 10.8. The molecule has 0 bridgehead atoms. The van der Waals surface area contributed by atoms with Gasteiger partial charge in [-0.05, 0) is 12.1 Å². The molecule has 0 saturated carbocycles. The van der Waals surface area contributed by atoms with Gasteiger partial charge in [-0.2, -0.15) is 5.10 Å². The molecule has 0 aliphatic heterocycles. The van der Waals surface area contributed by atoms with E-state index >= 15 is 0 Å². The molecule has 2 aromatic rings. The van der Waals surface area contributed by atoms with E-state index in [0.717, 1.165) is 0 Å². The fourth-order valence-corrected chi connectivity index (χ4v) is 1.61. The van der Waals surface area contributed by atoms with Crippen molar-refractivity contribution in [3.05, 3.63) is 70.3 Å². The number of rotatable bonds is 5. The van der Waals surface area contributed by atoms with Crippen LogP contribution in [0.25, 0.3) is 0 Å². The van der Waals surface area contributed by atoms with Gasteiger partial charge in [-0.1, -0.05) is 30.3 Å². The predicted octanol–water partition coefficient (Wildman–Crippen LogP) is 2.50. The highest BCUT2D eigenvalue weighted by molar-refractivity contribution is 6.42. The fourth-order valence-electron chi connectivity index (χ4n) is 1.61. The first-order valence-electron chi connectivity index (χ1n) is 5.95. The van der Waals surface area contributed by atoms with Crippen LogP contribution in [0.3, 0.4) is 0 Å². The number of hydrazone groups is 1. The summed E-state index contributed by atoms with van der Waals surface area (Å²) in [5.41, 5.74) is 3.29. The van der Waals surface area contributed by atoms with Crippen LogP contribution in [0.15, 0.2) is 59.7 Å². The molecule has 7 heteroatoms. The van der Waals surface area contributed by atoms with E-state index in [0.29, 0.717) is 11.3 Å². The van der Waals surface area contributed by atoms with E-state index < -0.39 is 10.9 Å². The summed E-state index contributed by atoms with van der Waals surface area (Å²) in [6.45, 7) is 0. The van der Waals surface area contributed by atoms with E-state index in [-0.39, 0.29) is 11.4 Å². The minimum Gasteiger partial charge on any atom is -0.476 e. The van der Waals surface area contributed by atoms with E-state index in [1.54, 1.807) is 30.3 Å². The molecule has 0 aromatic heterocycles. The minimum absolute atomic E-state index is 0.0500. The SMILES string of the molecule is O=C(O)C(=NNc1ccc([N+](=O)[O-])cc1)c1ccccc1. The normalized spacial score (nSPS) is 11.0. The zero-order valence-electron chi connectivity index (χ0n) is 10.8. The lowest BCUT2D eigenvalue weighted by atomic mass is 10.1. The van der Waals surface area contributed by atoms with Crippen LogP contribution >= 0.6 is 0 Å². The Labute approximate surface area is 119 Å². The van der Waals surface area contributed by atoms with Crippen LogP contribution in [0.5, 0.6) is 0 Å². The Kier molecular flexibility index (Phi) is 4.25. The number of nitrogens with one attached hydrogen (secondary N) is 1. The Morgan fingerprint density at radius 2 is 1.71 bits per heavy atom. The van der Waals surface area contributed by atoms with Crippen LogP contribution in [-0.2, 0) is 4.79 Å². The summed E-state index contributed by atoms with van der Waals surface area (Å²) in [7, 11) is 0. The number of anilines is 1. The Morgan fingerprint density at radius 1 is 1.10 bits per heavy atom. The van der Waals surface area contributed by atoms with Gasteiger partial charge < -0.3 is 5.11 Å². The summed E-state index contributed by atoms with van der Waals surface area (Å²) in [6.07, 6.45) is 0. The first kappa shape index (κ1) is 14.2. The second-order valence-corrected chi connectivity index (χ2v) is 4.05. The first-order valence-corrected chi connectivity index (χ1v) is 5.95. The molecule has 0 radical (unpaired) electrons. The summed E-state index contributed by atoms with van der Waals surface area (Å²) in [6, 6.07) is 14.0. The minimum atomic E-state index is -1.17. The molecule has 2 rings (SSSR count). The first-order chi connectivity index (χ1) is 10.1. The van der Waals surface area contributed by atoms with Crippen LogP contribution in [0.1, 0.15) is 5.56 Å². The number of carboxylic acids is 1. The van der Waals surface area contributed by atoms with Gasteiger partial charge >= 0.3 is 5.97 Å². The molecule has 0 fully saturated rings. The molecule has 0 amide bonds. The predicted molar refractivity (Wildman–Crippen MR) is 77.3 cm³/mol. The zero-order chi connectivity index (χ0) is 15.2. The third kappa shape index (κ3) is 3.63. The quantitative estimate of drug-likeness (QED) is 0.499. The molecule has 106 valence electrons. The molecular weight excluding hydrogens is 274 g/mol. The smallest absolute Gasteiger partial charge is 0.356 e. The summed E-state index contributed by atoms with van der Waals surface area (Å²) < 4.78 is 0. The van der Waals surface area contributed by atoms with Crippen molar-refractivity contribution in [2.24, 2.45) is 5.10 Å². The maximum absolute atomic E-state index is 11.2. The molecule has 0 spiro atoms. The van der Waals surface area contributed by atoms with E-state index in [1.807, 2.05) is 0 Å². The van der Waals surface area contributed by atoms with Crippen molar-refractivity contribution < 1.29 is 14.8 Å². The summed E-state index contributed by atoms with van der Waals surface area (Å²) in [5.74, 6) is -1.17. The Morgan fingerprint density at radius 3 is 2.24 bits per heavy atom. The highest BCUT2D eigenvalue weighted by Crippen LogP contribution is 2.15. The van der Waals surface area contributed by atoms with Gasteiger partial charge in [-0.15, -0.1) is 0 Å². The summed E-state index contributed by atoms with van der Waals surface area (Å²) in [5, 5.41) is 23.5. The molecule has 0 heterocycles. The third-order valence-corrected chi connectivity index (χ3v) is 2.62. The standard InChI is InChI=1S/C14H11N3O4/c18-14(19)13(10-4-2-1-3-5-10)16-15-11-6-8-12(9-7-11)17(20)21/h1-9,15H,(H,18,19). The van der Waals surface area contributed by atoms with Crippen LogP contribution < -0.4 is 5.43 Å². The molecule has 7 nitrogen and oxygen atoms in total. The average molecular weight is 285 g/mol. The van der Waals surface area contributed by atoms with E-state index in [4.69, 9.17) is 5.11 Å². The highest BCUT2D eigenvalue weighted by Gasteiger charge is 2.12. The fraction of sp³-hybridized carbons (Fsp3) is 0. The lowest BCUT2D eigenvalue weighted by molar-refractivity contribution is -0.384. The van der Waals surface area contributed by atoms with Crippen molar-refractivity contribution >= 4 is 23.1 Å². The topological polar surface area (TPSA) is 105 Å².